The second-order valence-electron chi connectivity index (χ2n) is 4.69. The van der Waals surface area contributed by atoms with Crippen LogP contribution >= 0.6 is 11.6 Å². The minimum absolute atomic E-state index is 0.0449. The van der Waals surface area contributed by atoms with Crippen LogP contribution in [-0.4, -0.2) is 15.5 Å². The average Bonchev–Trinajstić information content (AvgIpc) is 2.47. The van der Waals surface area contributed by atoms with Crippen molar-refractivity contribution >= 4 is 21.6 Å². The Morgan fingerprint density at radius 3 is 2.41 bits per heavy atom. The van der Waals surface area contributed by atoms with E-state index in [2.05, 4.69) is 4.72 Å². The Morgan fingerprint density at radius 2 is 1.82 bits per heavy atom. The summed E-state index contributed by atoms with van der Waals surface area (Å²) in [6.45, 7) is 1.67. The molecule has 2 aromatic carbocycles. The van der Waals surface area contributed by atoms with E-state index in [1.54, 1.807) is 13.0 Å². The van der Waals surface area contributed by atoms with Gasteiger partial charge in [-0.05, 0) is 42.8 Å². The maximum atomic E-state index is 12.9. The first kappa shape index (κ1) is 16.7. The van der Waals surface area contributed by atoms with Crippen LogP contribution in [0.5, 0.6) is 5.75 Å². The SMILES string of the molecule is COc1ccc(Cl)cc1S(=O)(=O)N[C@@H](C)c1ccc(F)cc1. The van der Waals surface area contributed by atoms with Crippen molar-refractivity contribution in [2.24, 2.45) is 0 Å². The van der Waals surface area contributed by atoms with E-state index in [1.807, 2.05) is 0 Å². The summed E-state index contributed by atoms with van der Waals surface area (Å²) in [6.07, 6.45) is 0. The number of methoxy groups -OCH3 is 1. The quantitative estimate of drug-likeness (QED) is 0.903. The molecule has 118 valence electrons. The van der Waals surface area contributed by atoms with Crippen LogP contribution in [0.2, 0.25) is 5.02 Å². The van der Waals surface area contributed by atoms with E-state index in [0.29, 0.717) is 5.56 Å². The first-order chi connectivity index (χ1) is 10.3. The summed E-state index contributed by atoms with van der Waals surface area (Å²) >= 11 is 5.86. The minimum atomic E-state index is -3.84. The molecule has 0 saturated carbocycles. The number of halogens is 2. The molecule has 0 heterocycles. The van der Waals surface area contributed by atoms with E-state index < -0.39 is 16.1 Å². The standard InChI is InChI=1S/C15H15ClFNO3S/c1-10(11-3-6-13(17)7-4-11)18-22(19,20)15-9-12(16)5-8-14(15)21-2/h3-10,18H,1-2H3/t10-/m0/s1. The summed E-state index contributed by atoms with van der Waals surface area (Å²) in [4.78, 5) is -0.0449. The van der Waals surface area contributed by atoms with Crippen molar-refractivity contribution in [1.29, 1.82) is 0 Å². The highest BCUT2D eigenvalue weighted by Crippen LogP contribution is 2.28. The monoisotopic (exact) mass is 343 g/mol. The summed E-state index contributed by atoms with van der Waals surface area (Å²) < 4.78 is 45.5. The predicted octanol–water partition coefficient (Wildman–Crippen LogP) is 3.53. The van der Waals surface area contributed by atoms with Gasteiger partial charge in [-0.2, -0.15) is 0 Å². The number of hydrogen-bond acceptors (Lipinski definition) is 3. The minimum Gasteiger partial charge on any atom is -0.495 e. The van der Waals surface area contributed by atoms with Gasteiger partial charge >= 0.3 is 0 Å². The highest BCUT2D eigenvalue weighted by molar-refractivity contribution is 7.89. The average molecular weight is 344 g/mol. The number of nitrogens with one attached hydrogen (secondary N) is 1. The van der Waals surface area contributed by atoms with Crippen molar-refractivity contribution in [3.63, 3.8) is 0 Å². The van der Waals surface area contributed by atoms with Gasteiger partial charge in [-0.3, -0.25) is 0 Å². The molecule has 0 aliphatic rings. The summed E-state index contributed by atoms with van der Waals surface area (Å²) in [5.41, 5.74) is 0.644. The third-order valence-electron chi connectivity index (χ3n) is 3.12. The molecule has 0 aliphatic heterocycles. The Morgan fingerprint density at radius 1 is 1.18 bits per heavy atom. The van der Waals surface area contributed by atoms with Crippen molar-refractivity contribution in [1.82, 2.24) is 4.72 Å². The number of sulfonamides is 1. The molecule has 0 saturated heterocycles. The zero-order valence-electron chi connectivity index (χ0n) is 12.0. The van der Waals surface area contributed by atoms with Crippen molar-refractivity contribution in [2.75, 3.05) is 7.11 Å². The molecular formula is C15H15ClFNO3S. The Balaban J connectivity index is 2.31. The number of ether oxygens (including phenoxy) is 1. The third-order valence-corrected chi connectivity index (χ3v) is 4.91. The van der Waals surface area contributed by atoms with Gasteiger partial charge in [-0.1, -0.05) is 23.7 Å². The molecule has 22 heavy (non-hydrogen) atoms. The largest absolute Gasteiger partial charge is 0.495 e. The van der Waals surface area contributed by atoms with Crippen molar-refractivity contribution < 1.29 is 17.5 Å². The highest BCUT2D eigenvalue weighted by Gasteiger charge is 2.22. The molecule has 2 aromatic rings. The molecule has 2 rings (SSSR count). The highest BCUT2D eigenvalue weighted by atomic mass is 35.5. The molecule has 0 aromatic heterocycles. The zero-order valence-corrected chi connectivity index (χ0v) is 13.6. The van der Waals surface area contributed by atoms with Gasteiger partial charge in [0.05, 0.1) is 7.11 Å². The second-order valence-corrected chi connectivity index (χ2v) is 6.81. The Labute approximate surface area is 133 Å². The molecule has 0 radical (unpaired) electrons. The fourth-order valence-corrected chi connectivity index (χ4v) is 3.64. The van der Waals surface area contributed by atoms with E-state index in [9.17, 15) is 12.8 Å². The van der Waals surface area contributed by atoms with Gasteiger partial charge in [0.15, 0.2) is 0 Å². The van der Waals surface area contributed by atoms with E-state index in [0.717, 1.165) is 0 Å². The smallest absolute Gasteiger partial charge is 0.244 e. The molecule has 0 aliphatic carbocycles. The lowest BCUT2D eigenvalue weighted by Crippen LogP contribution is -2.27. The molecule has 1 N–H and O–H groups in total. The van der Waals surface area contributed by atoms with Gasteiger partial charge in [0.2, 0.25) is 10.0 Å². The summed E-state index contributed by atoms with van der Waals surface area (Å²) in [7, 11) is -2.46. The van der Waals surface area contributed by atoms with Gasteiger partial charge in [0.1, 0.15) is 16.5 Å². The number of benzene rings is 2. The van der Waals surface area contributed by atoms with Crippen LogP contribution in [0.15, 0.2) is 47.4 Å². The maximum Gasteiger partial charge on any atom is 0.244 e. The molecule has 0 spiro atoms. The molecule has 0 bridgehead atoms. The summed E-state index contributed by atoms with van der Waals surface area (Å²) in [5, 5.41) is 0.288. The molecule has 0 unspecified atom stereocenters. The van der Waals surface area contributed by atoms with E-state index >= 15 is 0 Å². The molecular weight excluding hydrogens is 329 g/mol. The van der Waals surface area contributed by atoms with Gasteiger partial charge in [0, 0.05) is 11.1 Å². The lowest BCUT2D eigenvalue weighted by Gasteiger charge is -2.16. The van der Waals surface area contributed by atoms with Crippen molar-refractivity contribution in [3.8, 4) is 5.75 Å². The van der Waals surface area contributed by atoms with E-state index in [4.69, 9.17) is 16.3 Å². The van der Waals surface area contributed by atoms with Crippen LogP contribution in [-0.2, 0) is 10.0 Å². The topological polar surface area (TPSA) is 55.4 Å². The first-order valence-corrected chi connectivity index (χ1v) is 8.31. The normalized spacial score (nSPS) is 12.9. The van der Waals surface area contributed by atoms with Crippen LogP contribution in [0.1, 0.15) is 18.5 Å². The van der Waals surface area contributed by atoms with Gasteiger partial charge in [0.25, 0.3) is 0 Å². The number of hydrogen-bond donors (Lipinski definition) is 1. The Bertz CT molecular complexity index is 763. The second kappa shape index (κ2) is 6.64. The summed E-state index contributed by atoms with van der Waals surface area (Å²) in [5.74, 6) is -0.182. The van der Waals surface area contributed by atoms with Crippen LogP contribution in [0.3, 0.4) is 0 Å². The lowest BCUT2D eigenvalue weighted by molar-refractivity contribution is 0.402. The number of rotatable bonds is 5. The predicted molar refractivity (Wildman–Crippen MR) is 83.1 cm³/mol. The first-order valence-electron chi connectivity index (χ1n) is 6.45. The summed E-state index contributed by atoms with van der Waals surface area (Å²) in [6, 6.07) is 9.42. The van der Waals surface area contributed by atoms with Gasteiger partial charge in [-0.25, -0.2) is 17.5 Å². The molecule has 0 fully saturated rings. The zero-order chi connectivity index (χ0) is 16.3. The third kappa shape index (κ3) is 3.76. The van der Waals surface area contributed by atoms with Gasteiger partial charge < -0.3 is 4.74 Å². The molecule has 7 heteroatoms. The Hall–Kier alpha value is -1.63. The maximum absolute atomic E-state index is 12.9. The van der Waals surface area contributed by atoms with Crippen molar-refractivity contribution in [3.05, 3.63) is 58.9 Å². The Kier molecular flexibility index (Phi) is 5.05. The molecule has 1 atom stereocenters. The van der Waals surface area contributed by atoms with Crippen LogP contribution in [0.25, 0.3) is 0 Å². The van der Waals surface area contributed by atoms with E-state index in [1.165, 1.54) is 43.5 Å². The lowest BCUT2D eigenvalue weighted by atomic mass is 10.1. The molecule has 0 amide bonds. The van der Waals surface area contributed by atoms with Crippen LogP contribution < -0.4 is 9.46 Å². The molecule has 4 nitrogen and oxygen atoms in total. The fourth-order valence-electron chi connectivity index (χ4n) is 1.98. The van der Waals surface area contributed by atoms with Crippen LogP contribution in [0, 0.1) is 5.82 Å². The fraction of sp³-hybridized carbons (Fsp3) is 0.200. The van der Waals surface area contributed by atoms with Gasteiger partial charge in [-0.15, -0.1) is 0 Å². The van der Waals surface area contributed by atoms with Crippen molar-refractivity contribution in [2.45, 2.75) is 17.9 Å². The van der Waals surface area contributed by atoms with E-state index in [-0.39, 0.29) is 21.5 Å². The van der Waals surface area contributed by atoms with Crippen LogP contribution in [0.4, 0.5) is 4.39 Å².